The van der Waals surface area contributed by atoms with Crippen molar-refractivity contribution in [2.24, 2.45) is 5.92 Å². The molecule has 0 bridgehead atoms. The van der Waals surface area contributed by atoms with Crippen LogP contribution in [0.25, 0.3) is 0 Å². The van der Waals surface area contributed by atoms with Gasteiger partial charge in [-0.2, -0.15) is 0 Å². The van der Waals surface area contributed by atoms with E-state index in [1.165, 1.54) is 12.8 Å². The highest BCUT2D eigenvalue weighted by atomic mass is 16.7. The molecule has 13 heavy (non-hydrogen) atoms. The summed E-state index contributed by atoms with van der Waals surface area (Å²) in [6.45, 7) is 6.53. The average molecular weight is 185 g/mol. The van der Waals surface area contributed by atoms with Crippen molar-refractivity contribution in [3.05, 3.63) is 0 Å². The maximum Gasteiger partial charge on any atom is 0.178 e. The fraction of sp³-hybridized carbons (Fsp3) is 1.00. The highest BCUT2D eigenvalue weighted by Gasteiger charge is 2.33. The Kier molecular flexibility index (Phi) is 2.58. The van der Waals surface area contributed by atoms with Gasteiger partial charge in [0.25, 0.3) is 0 Å². The van der Waals surface area contributed by atoms with Crippen molar-refractivity contribution < 1.29 is 9.47 Å². The van der Waals surface area contributed by atoms with Gasteiger partial charge in [-0.25, -0.2) is 0 Å². The van der Waals surface area contributed by atoms with Crippen LogP contribution < -0.4 is 5.32 Å². The second kappa shape index (κ2) is 3.56. The van der Waals surface area contributed by atoms with Gasteiger partial charge < -0.3 is 14.8 Å². The van der Waals surface area contributed by atoms with Crippen LogP contribution in [0, 0.1) is 5.92 Å². The van der Waals surface area contributed by atoms with E-state index in [0.717, 1.165) is 25.7 Å². The van der Waals surface area contributed by atoms with E-state index >= 15 is 0 Å². The van der Waals surface area contributed by atoms with Gasteiger partial charge in [-0.3, -0.25) is 0 Å². The second-order valence-electron chi connectivity index (χ2n) is 4.34. The molecule has 1 N–H and O–H groups in total. The first kappa shape index (κ1) is 9.44. The zero-order chi connectivity index (χ0) is 9.31. The molecule has 2 rings (SSSR count). The van der Waals surface area contributed by atoms with E-state index in [-0.39, 0.29) is 5.79 Å². The lowest BCUT2D eigenvalue weighted by Gasteiger charge is -2.25. The van der Waals surface area contributed by atoms with E-state index in [4.69, 9.17) is 9.47 Å². The van der Waals surface area contributed by atoms with Crippen molar-refractivity contribution in [3.63, 3.8) is 0 Å². The fourth-order valence-electron chi connectivity index (χ4n) is 1.77. The molecule has 1 heterocycles. The summed E-state index contributed by atoms with van der Waals surface area (Å²) in [6.07, 6.45) is 2.76. The molecule has 0 aromatic rings. The van der Waals surface area contributed by atoms with Crippen LogP contribution in [-0.4, -0.2) is 31.6 Å². The third-order valence-corrected chi connectivity index (χ3v) is 2.97. The minimum Gasteiger partial charge on any atom is -0.347 e. The lowest BCUT2D eigenvalue weighted by Crippen LogP contribution is -2.43. The molecule has 1 aliphatic heterocycles. The Bertz CT molecular complexity index is 174. The first-order valence-corrected chi connectivity index (χ1v) is 5.21. The van der Waals surface area contributed by atoms with Crippen LogP contribution in [0.3, 0.4) is 0 Å². The number of hydrogen-bond acceptors (Lipinski definition) is 3. The maximum absolute atomic E-state index is 5.51. The van der Waals surface area contributed by atoms with Gasteiger partial charge in [0.2, 0.25) is 0 Å². The first-order valence-electron chi connectivity index (χ1n) is 5.21. The van der Waals surface area contributed by atoms with E-state index < -0.39 is 0 Å². The average Bonchev–Trinajstić information content (AvgIpc) is 2.87. The van der Waals surface area contributed by atoms with Gasteiger partial charge in [-0.05, 0) is 32.6 Å². The molecule has 0 spiro atoms. The van der Waals surface area contributed by atoms with Gasteiger partial charge in [0.05, 0.1) is 13.2 Å². The van der Waals surface area contributed by atoms with Crippen molar-refractivity contribution in [2.45, 2.75) is 38.5 Å². The summed E-state index contributed by atoms with van der Waals surface area (Å²) in [5.41, 5.74) is 0. The lowest BCUT2D eigenvalue weighted by molar-refractivity contribution is -0.139. The molecule has 76 valence electrons. The summed E-state index contributed by atoms with van der Waals surface area (Å²) in [5, 5.41) is 3.48. The highest BCUT2D eigenvalue weighted by molar-refractivity contribution is 4.85. The number of rotatable bonds is 4. The Morgan fingerprint density at radius 1 is 1.38 bits per heavy atom. The topological polar surface area (TPSA) is 30.5 Å². The molecule has 3 nitrogen and oxygen atoms in total. The summed E-state index contributed by atoms with van der Waals surface area (Å²) in [5.74, 6) is 0.522. The van der Waals surface area contributed by atoms with Gasteiger partial charge in [-0.15, -0.1) is 0 Å². The lowest BCUT2D eigenvalue weighted by atomic mass is 10.2. The van der Waals surface area contributed by atoms with Gasteiger partial charge in [0.1, 0.15) is 0 Å². The largest absolute Gasteiger partial charge is 0.347 e. The molecule has 0 aromatic heterocycles. The van der Waals surface area contributed by atoms with Gasteiger partial charge in [-0.1, -0.05) is 0 Å². The Hall–Kier alpha value is -0.120. The Labute approximate surface area is 79.8 Å². The van der Waals surface area contributed by atoms with Crippen molar-refractivity contribution in [1.82, 2.24) is 5.32 Å². The maximum atomic E-state index is 5.51. The summed E-state index contributed by atoms with van der Waals surface area (Å²) in [7, 11) is 0. The van der Waals surface area contributed by atoms with Crippen LogP contribution in [0.1, 0.15) is 26.7 Å². The zero-order valence-electron chi connectivity index (χ0n) is 8.51. The van der Waals surface area contributed by atoms with E-state index in [9.17, 15) is 0 Å². The molecule has 0 aromatic carbocycles. The normalized spacial score (nSPS) is 29.1. The smallest absolute Gasteiger partial charge is 0.178 e. The highest BCUT2D eigenvalue weighted by Crippen LogP contribution is 2.32. The molecule has 1 saturated heterocycles. The van der Waals surface area contributed by atoms with Crippen LogP contribution in [-0.2, 0) is 9.47 Å². The second-order valence-corrected chi connectivity index (χ2v) is 4.34. The minimum absolute atomic E-state index is 0.372. The molecule has 1 unspecified atom stereocenters. The molecule has 1 aliphatic carbocycles. The molecular formula is C10H19NO2. The molecule has 2 fully saturated rings. The van der Waals surface area contributed by atoms with Crippen molar-refractivity contribution in [3.8, 4) is 0 Å². The third-order valence-electron chi connectivity index (χ3n) is 2.97. The van der Waals surface area contributed by atoms with Crippen LogP contribution >= 0.6 is 0 Å². The summed E-state index contributed by atoms with van der Waals surface area (Å²) < 4.78 is 11.0. The predicted octanol–water partition coefficient (Wildman–Crippen LogP) is 1.14. The number of hydrogen-bond donors (Lipinski definition) is 1. The minimum atomic E-state index is -0.372. The van der Waals surface area contributed by atoms with E-state index in [1.807, 2.05) is 6.92 Å². The fourth-order valence-corrected chi connectivity index (χ4v) is 1.77. The van der Waals surface area contributed by atoms with Crippen molar-refractivity contribution >= 4 is 0 Å². The van der Waals surface area contributed by atoms with Gasteiger partial charge in [0.15, 0.2) is 5.79 Å². The molecular weight excluding hydrogens is 166 g/mol. The van der Waals surface area contributed by atoms with Gasteiger partial charge in [0, 0.05) is 12.6 Å². The Balaban J connectivity index is 1.70. The molecule has 0 radical (unpaired) electrons. The summed E-state index contributed by atoms with van der Waals surface area (Å²) in [4.78, 5) is 0. The van der Waals surface area contributed by atoms with Crippen LogP contribution in [0.5, 0.6) is 0 Å². The van der Waals surface area contributed by atoms with E-state index in [1.54, 1.807) is 0 Å². The van der Waals surface area contributed by atoms with Crippen molar-refractivity contribution in [2.75, 3.05) is 19.8 Å². The predicted molar refractivity (Wildman–Crippen MR) is 50.5 cm³/mol. The quantitative estimate of drug-likeness (QED) is 0.712. The zero-order valence-corrected chi connectivity index (χ0v) is 8.51. The Morgan fingerprint density at radius 2 is 2.00 bits per heavy atom. The van der Waals surface area contributed by atoms with Crippen molar-refractivity contribution in [1.29, 1.82) is 0 Å². The summed E-state index contributed by atoms with van der Waals surface area (Å²) in [6, 6.07) is 0.615. The third kappa shape index (κ3) is 2.42. The number of nitrogens with one attached hydrogen (secondary N) is 1. The molecule has 2 aliphatic rings. The Morgan fingerprint density at radius 3 is 2.54 bits per heavy atom. The first-order chi connectivity index (χ1) is 6.20. The van der Waals surface area contributed by atoms with Crippen LogP contribution in [0.2, 0.25) is 0 Å². The van der Waals surface area contributed by atoms with E-state index in [0.29, 0.717) is 6.04 Å². The standard InChI is InChI=1S/C10H19NO2/c1-8(9-3-4-9)11-7-10(2)12-5-6-13-10/h8-9,11H,3-7H2,1-2H3. The van der Waals surface area contributed by atoms with Gasteiger partial charge >= 0.3 is 0 Å². The number of ether oxygens (including phenoxy) is 2. The SMILES string of the molecule is CC(NCC1(C)OCCO1)C1CC1. The molecule has 1 saturated carbocycles. The summed E-state index contributed by atoms with van der Waals surface area (Å²) >= 11 is 0. The van der Waals surface area contributed by atoms with Crippen LogP contribution in [0.4, 0.5) is 0 Å². The van der Waals surface area contributed by atoms with E-state index in [2.05, 4.69) is 12.2 Å². The van der Waals surface area contributed by atoms with Crippen LogP contribution in [0.15, 0.2) is 0 Å². The monoisotopic (exact) mass is 185 g/mol. The molecule has 3 heteroatoms. The molecule has 1 atom stereocenters. The molecule has 0 amide bonds.